The van der Waals surface area contributed by atoms with Gasteiger partial charge in [0.05, 0.1) is 18.3 Å². The van der Waals surface area contributed by atoms with Gasteiger partial charge in [0.1, 0.15) is 6.04 Å². The molecule has 124 valence electrons. The van der Waals surface area contributed by atoms with Crippen molar-refractivity contribution in [3.8, 4) is 0 Å². The summed E-state index contributed by atoms with van der Waals surface area (Å²) in [5.41, 5.74) is 1.66. The summed E-state index contributed by atoms with van der Waals surface area (Å²) in [6.07, 6.45) is 3.31. The fourth-order valence-corrected chi connectivity index (χ4v) is 3.26. The van der Waals surface area contributed by atoms with Gasteiger partial charge in [-0.05, 0) is 19.1 Å². The second-order valence-corrected chi connectivity index (χ2v) is 6.92. The summed E-state index contributed by atoms with van der Waals surface area (Å²) in [6.45, 7) is 1.86. The Morgan fingerprint density at radius 1 is 1.35 bits per heavy atom. The summed E-state index contributed by atoms with van der Waals surface area (Å²) in [6, 6.07) is 5.36. The van der Waals surface area contributed by atoms with Gasteiger partial charge >= 0.3 is 5.97 Å². The second-order valence-electron chi connectivity index (χ2n) is 5.21. The number of carbonyl (C=O) groups excluding carboxylic acids is 1. The number of imidazole rings is 1. The summed E-state index contributed by atoms with van der Waals surface area (Å²) >= 11 is 0. The van der Waals surface area contributed by atoms with Gasteiger partial charge in [0.2, 0.25) is 10.0 Å². The minimum absolute atomic E-state index is 0.0991. The number of esters is 1. The summed E-state index contributed by atoms with van der Waals surface area (Å²) in [5, 5.41) is 0. The quantitative estimate of drug-likeness (QED) is 0.787. The van der Waals surface area contributed by atoms with E-state index in [4.69, 9.17) is 4.74 Å². The van der Waals surface area contributed by atoms with Crippen molar-refractivity contribution < 1.29 is 17.9 Å². The molecule has 0 saturated carbocycles. The summed E-state index contributed by atoms with van der Waals surface area (Å²) in [5.74, 6) is -0.651. The molecule has 2 rings (SSSR count). The number of sulfonamides is 1. The number of methoxy groups -OCH3 is 1. The molecule has 8 heteroatoms. The average molecular weight is 337 g/mol. The molecule has 1 atom stereocenters. The van der Waals surface area contributed by atoms with Crippen molar-refractivity contribution in [2.45, 2.75) is 24.3 Å². The van der Waals surface area contributed by atoms with Crippen LogP contribution in [-0.2, 0) is 33.0 Å². The Hall–Kier alpha value is -2.19. The lowest BCUT2D eigenvalue weighted by atomic mass is 10.2. The molecule has 1 aromatic heterocycles. The van der Waals surface area contributed by atoms with Crippen LogP contribution >= 0.6 is 0 Å². The van der Waals surface area contributed by atoms with Gasteiger partial charge in [0.25, 0.3) is 0 Å². The Morgan fingerprint density at radius 2 is 2.00 bits per heavy atom. The Labute approximate surface area is 135 Å². The van der Waals surface area contributed by atoms with Crippen LogP contribution < -0.4 is 4.72 Å². The molecular formula is C15H19N3O4S. The molecular weight excluding hydrogens is 318 g/mol. The minimum atomic E-state index is -3.83. The van der Waals surface area contributed by atoms with E-state index < -0.39 is 22.0 Å². The number of hydrogen-bond donors (Lipinski definition) is 1. The van der Waals surface area contributed by atoms with Crippen LogP contribution in [0.3, 0.4) is 0 Å². The first-order valence-corrected chi connectivity index (χ1v) is 8.44. The van der Waals surface area contributed by atoms with Gasteiger partial charge in [0, 0.05) is 25.4 Å². The average Bonchev–Trinajstić information content (AvgIpc) is 2.91. The third-order valence-electron chi connectivity index (χ3n) is 3.44. The standard InChI is InChI=1S/C15H19N3O4S/c1-11-4-6-13(7-5-11)23(20,21)17-14(15(19)22-3)8-12-9-16-10-18(12)2/h4-7,9-10,14,17H,8H2,1-3H3/t14-/m0/s1. The Balaban J connectivity index is 2.24. The smallest absolute Gasteiger partial charge is 0.324 e. The van der Waals surface area contributed by atoms with Gasteiger partial charge in [-0.25, -0.2) is 13.4 Å². The van der Waals surface area contributed by atoms with E-state index in [0.29, 0.717) is 5.69 Å². The third-order valence-corrected chi connectivity index (χ3v) is 4.93. The van der Waals surface area contributed by atoms with E-state index in [2.05, 4.69) is 9.71 Å². The molecule has 23 heavy (non-hydrogen) atoms. The molecule has 0 unspecified atom stereocenters. The second kappa shape index (κ2) is 6.93. The molecule has 0 radical (unpaired) electrons. The van der Waals surface area contributed by atoms with E-state index in [9.17, 15) is 13.2 Å². The Kier molecular flexibility index (Phi) is 5.17. The molecule has 1 heterocycles. The van der Waals surface area contributed by atoms with Gasteiger partial charge in [-0.2, -0.15) is 4.72 Å². The fraction of sp³-hybridized carbons (Fsp3) is 0.333. The fourth-order valence-electron chi connectivity index (χ4n) is 2.08. The Morgan fingerprint density at radius 3 is 2.52 bits per heavy atom. The number of ether oxygens (including phenoxy) is 1. The third kappa shape index (κ3) is 4.17. The van der Waals surface area contributed by atoms with Gasteiger partial charge in [-0.1, -0.05) is 17.7 Å². The van der Waals surface area contributed by atoms with Crippen molar-refractivity contribution >= 4 is 16.0 Å². The summed E-state index contributed by atoms with van der Waals surface area (Å²) in [7, 11) is -0.838. The highest BCUT2D eigenvalue weighted by Crippen LogP contribution is 2.12. The van der Waals surface area contributed by atoms with Gasteiger partial charge in [-0.3, -0.25) is 4.79 Å². The number of aryl methyl sites for hydroxylation is 2. The minimum Gasteiger partial charge on any atom is -0.468 e. The number of benzene rings is 1. The molecule has 0 aliphatic rings. The molecule has 1 aromatic carbocycles. The maximum atomic E-state index is 12.4. The van der Waals surface area contributed by atoms with Crippen molar-refractivity contribution in [3.63, 3.8) is 0 Å². The van der Waals surface area contributed by atoms with E-state index in [0.717, 1.165) is 5.56 Å². The molecule has 0 fully saturated rings. The predicted molar refractivity (Wildman–Crippen MR) is 84.2 cm³/mol. The molecule has 0 saturated heterocycles. The van der Waals surface area contributed by atoms with Crippen LogP contribution in [0.2, 0.25) is 0 Å². The van der Waals surface area contributed by atoms with E-state index in [1.165, 1.54) is 19.2 Å². The number of aromatic nitrogens is 2. The number of hydrogen-bond acceptors (Lipinski definition) is 5. The van der Waals surface area contributed by atoms with Crippen molar-refractivity contribution in [2.24, 2.45) is 7.05 Å². The first kappa shape index (κ1) is 17.2. The Bertz CT molecular complexity index is 781. The SMILES string of the molecule is COC(=O)[C@H](Cc1cncn1C)NS(=O)(=O)c1ccc(C)cc1. The van der Waals surface area contributed by atoms with E-state index in [1.807, 2.05) is 6.92 Å². The van der Waals surface area contributed by atoms with Crippen LogP contribution in [0, 0.1) is 6.92 Å². The first-order valence-electron chi connectivity index (χ1n) is 6.95. The monoisotopic (exact) mass is 337 g/mol. The summed E-state index contributed by atoms with van der Waals surface area (Å²) < 4.78 is 33.7. The zero-order valence-electron chi connectivity index (χ0n) is 13.2. The van der Waals surface area contributed by atoms with Crippen molar-refractivity contribution in [1.29, 1.82) is 0 Å². The maximum absolute atomic E-state index is 12.4. The lowest BCUT2D eigenvalue weighted by Gasteiger charge is -2.17. The van der Waals surface area contributed by atoms with Crippen LogP contribution in [0.25, 0.3) is 0 Å². The number of nitrogens with one attached hydrogen (secondary N) is 1. The first-order chi connectivity index (χ1) is 10.8. The molecule has 1 N–H and O–H groups in total. The molecule has 7 nitrogen and oxygen atoms in total. The topological polar surface area (TPSA) is 90.3 Å². The van der Waals surface area contributed by atoms with Crippen LogP contribution in [0.15, 0.2) is 41.7 Å². The van der Waals surface area contributed by atoms with Gasteiger partial charge in [0.15, 0.2) is 0 Å². The predicted octanol–water partition coefficient (Wildman–Crippen LogP) is 0.791. The number of carbonyl (C=O) groups is 1. The van der Waals surface area contributed by atoms with E-state index >= 15 is 0 Å². The normalized spacial score (nSPS) is 12.8. The highest BCUT2D eigenvalue weighted by Gasteiger charge is 2.27. The highest BCUT2D eigenvalue weighted by atomic mass is 32.2. The number of rotatable bonds is 6. The maximum Gasteiger partial charge on any atom is 0.324 e. The van der Waals surface area contributed by atoms with Crippen LogP contribution in [-0.4, -0.2) is 37.1 Å². The zero-order valence-corrected chi connectivity index (χ0v) is 14.0. The van der Waals surface area contributed by atoms with E-state index in [-0.39, 0.29) is 11.3 Å². The highest BCUT2D eigenvalue weighted by molar-refractivity contribution is 7.89. The van der Waals surface area contributed by atoms with Crippen molar-refractivity contribution in [2.75, 3.05) is 7.11 Å². The van der Waals surface area contributed by atoms with Crippen LogP contribution in [0.1, 0.15) is 11.3 Å². The summed E-state index contributed by atoms with van der Waals surface area (Å²) in [4.78, 5) is 16.0. The van der Waals surface area contributed by atoms with Crippen LogP contribution in [0.5, 0.6) is 0 Å². The molecule has 2 aromatic rings. The van der Waals surface area contributed by atoms with Crippen LogP contribution in [0.4, 0.5) is 0 Å². The molecule has 0 bridgehead atoms. The molecule has 0 amide bonds. The van der Waals surface area contributed by atoms with Crippen molar-refractivity contribution in [1.82, 2.24) is 14.3 Å². The van der Waals surface area contributed by atoms with Crippen molar-refractivity contribution in [3.05, 3.63) is 48.0 Å². The lowest BCUT2D eigenvalue weighted by molar-refractivity contribution is -0.142. The number of nitrogens with zero attached hydrogens (tertiary/aromatic N) is 2. The van der Waals surface area contributed by atoms with Gasteiger partial charge in [-0.15, -0.1) is 0 Å². The molecule has 0 aliphatic heterocycles. The molecule has 0 spiro atoms. The van der Waals surface area contributed by atoms with Gasteiger partial charge < -0.3 is 9.30 Å². The molecule has 0 aliphatic carbocycles. The lowest BCUT2D eigenvalue weighted by Crippen LogP contribution is -2.43. The van der Waals surface area contributed by atoms with E-state index in [1.54, 1.807) is 36.3 Å². The largest absolute Gasteiger partial charge is 0.468 e. The zero-order chi connectivity index (χ0) is 17.0.